The number of carbonyl (C=O) groups excluding carboxylic acids is 13. The van der Waals surface area contributed by atoms with E-state index in [4.69, 9.17) is 40.1 Å². The Labute approximate surface area is 574 Å². The van der Waals surface area contributed by atoms with Gasteiger partial charge < -0.3 is 119 Å². The van der Waals surface area contributed by atoms with Crippen molar-refractivity contribution in [3.05, 3.63) is 71.8 Å². The van der Waals surface area contributed by atoms with Gasteiger partial charge in [-0.05, 0) is 109 Å². The van der Waals surface area contributed by atoms with E-state index < -0.39 is 164 Å². The van der Waals surface area contributed by atoms with Gasteiger partial charge in [-0.15, -0.1) is 0 Å². The number of nitrogens with zero attached hydrogens (tertiary/aromatic N) is 2. The van der Waals surface area contributed by atoms with Crippen molar-refractivity contribution in [3.8, 4) is 0 Å². The van der Waals surface area contributed by atoms with Crippen LogP contribution in [0.4, 0.5) is 0 Å². The summed E-state index contributed by atoms with van der Waals surface area (Å²) in [6, 6.07) is 5.03. The van der Waals surface area contributed by atoms with Crippen molar-refractivity contribution in [3.63, 3.8) is 0 Å². The number of primary amides is 1. The molecule has 0 unspecified atom stereocenters. The molecule has 2 aromatic carbocycles. The van der Waals surface area contributed by atoms with E-state index in [0.29, 0.717) is 44.5 Å². The summed E-state index contributed by atoms with van der Waals surface area (Å²) in [5.41, 5.74) is 40.2. The predicted molar refractivity (Wildman–Crippen MR) is 364 cm³/mol. The van der Waals surface area contributed by atoms with E-state index in [-0.39, 0.29) is 89.3 Å². The molecule has 0 aliphatic carbocycles. The number of carbonyl (C=O) groups is 13. The fourth-order valence-corrected chi connectivity index (χ4v) is 9.21. The van der Waals surface area contributed by atoms with Crippen LogP contribution in [0.25, 0.3) is 0 Å². The lowest BCUT2D eigenvalue weighted by Crippen LogP contribution is -2.60. The van der Waals surface area contributed by atoms with Gasteiger partial charge in [0.15, 0.2) is 11.9 Å². The highest BCUT2D eigenvalue weighted by molar-refractivity contribution is 5.99. The number of aliphatic hydroxyl groups excluding tert-OH is 2. The zero-order chi connectivity index (χ0) is 73.8. The Kier molecular flexibility index (Phi) is 41.0. The van der Waals surface area contributed by atoms with Crippen molar-refractivity contribution in [1.29, 1.82) is 0 Å². The molecule has 0 saturated carbocycles. The molecule has 10 atom stereocenters. The Balaban J connectivity index is 2.15. The molecular formula is C62H102N22O15. The van der Waals surface area contributed by atoms with Crippen molar-refractivity contribution < 1.29 is 72.5 Å². The molecule has 0 heterocycles. The van der Waals surface area contributed by atoms with Crippen LogP contribution < -0.4 is 109 Å². The van der Waals surface area contributed by atoms with E-state index in [0.717, 1.165) is 5.56 Å². The Bertz CT molecular complexity index is 2990. The summed E-state index contributed by atoms with van der Waals surface area (Å²) >= 11 is 0. The van der Waals surface area contributed by atoms with Gasteiger partial charge in [0, 0.05) is 39.0 Å². The van der Waals surface area contributed by atoms with Gasteiger partial charge in [0.25, 0.3) is 0 Å². The molecule has 0 spiro atoms. The molecule has 0 fully saturated rings. The van der Waals surface area contributed by atoms with Gasteiger partial charge in [0.05, 0.1) is 32.3 Å². The fourth-order valence-electron chi connectivity index (χ4n) is 9.21. The van der Waals surface area contributed by atoms with Crippen molar-refractivity contribution >= 4 is 88.7 Å². The van der Waals surface area contributed by atoms with Gasteiger partial charge in [-0.3, -0.25) is 72.3 Å². The summed E-state index contributed by atoms with van der Waals surface area (Å²) in [7, 11) is 0. The third kappa shape index (κ3) is 36.2. The Morgan fingerprint density at radius 2 is 0.838 bits per heavy atom. The molecule has 2 rings (SSSR count). The molecule has 0 saturated heterocycles. The molecule has 2 aromatic rings. The second-order valence-electron chi connectivity index (χ2n) is 23.1. The number of aliphatic hydroxyl groups is 2. The molecule has 99 heavy (non-hydrogen) atoms. The second-order valence-corrected chi connectivity index (χ2v) is 23.1. The topological polar surface area (TPSA) is 626 Å². The summed E-state index contributed by atoms with van der Waals surface area (Å²) in [6.45, 7) is 2.24. The van der Waals surface area contributed by atoms with Gasteiger partial charge in [-0.2, -0.15) is 0 Å². The first kappa shape index (κ1) is 85.0. The average molecular weight is 1400 g/mol. The van der Waals surface area contributed by atoms with Crippen LogP contribution in [0.5, 0.6) is 0 Å². The number of hydrogen-bond acceptors (Lipinski definition) is 20. The Hall–Kier alpha value is -10.1. The van der Waals surface area contributed by atoms with E-state index in [2.05, 4.69) is 79.1 Å². The molecule has 0 radical (unpaired) electrons. The molecular weight excluding hydrogens is 1290 g/mol. The van der Waals surface area contributed by atoms with Gasteiger partial charge in [-0.25, -0.2) is 0 Å². The molecule has 0 aromatic heterocycles. The lowest BCUT2D eigenvalue weighted by atomic mass is 10.0. The summed E-state index contributed by atoms with van der Waals surface area (Å²) in [6.07, 6.45) is 0.150. The minimum absolute atomic E-state index is 0.0225. The highest BCUT2D eigenvalue weighted by atomic mass is 16.3. The van der Waals surface area contributed by atoms with Crippen LogP contribution in [0, 0.1) is 0 Å². The quantitative estimate of drug-likeness (QED) is 0.0166. The van der Waals surface area contributed by atoms with Crippen molar-refractivity contribution in [2.45, 2.75) is 165 Å². The predicted octanol–water partition coefficient (Wildman–Crippen LogP) is -8.62. The van der Waals surface area contributed by atoms with E-state index in [9.17, 15) is 72.5 Å². The van der Waals surface area contributed by atoms with Crippen LogP contribution in [0.1, 0.15) is 103 Å². The lowest BCUT2D eigenvalue weighted by Gasteiger charge is -2.26. The highest BCUT2D eigenvalue weighted by Crippen LogP contribution is 2.10. The molecule has 13 amide bonds. The molecule has 37 heteroatoms. The maximum Gasteiger partial charge on any atom is 0.245 e. The number of amides is 13. The third-order valence-electron chi connectivity index (χ3n) is 14.7. The summed E-state index contributed by atoms with van der Waals surface area (Å²) < 4.78 is 0. The molecule has 0 aliphatic rings. The normalized spacial score (nSPS) is 13.8. The van der Waals surface area contributed by atoms with E-state index in [1.165, 1.54) is 20.8 Å². The second kappa shape index (κ2) is 47.7. The van der Waals surface area contributed by atoms with E-state index >= 15 is 0 Å². The first-order valence-corrected chi connectivity index (χ1v) is 32.5. The van der Waals surface area contributed by atoms with E-state index in [1.807, 2.05) is 30.3 Å². The number of rotatable bonds is 49. The van der Waals surface area contributed by atoms with Crippen molar-refractivity contribution in [1.82, 2.24) is 69.1 Å². The molecule has 37 nitrogen and oxygen atoms in total. The van der Waals surface area contributed by atoms with Crippen LogP contribution in [0.15, 0.2) is 70.6 Å². The molecule has 29 N–H and O–H groups in total. The lowest BCUT2D eigenvalue weighted by molar-refractivity contribution is -0.136. The number of nitrogens with two attached hydrogens (primary N) is 7. The number of nitrogens with one attached hydrogen (secondary N) is 13. The minimum Gasteiger partial charge on any atom is -0.394 e. The zero-order valence-electron chi connectivity index (χ0n) is 56.2. The number of aliphatic imine (C=N–C) groups is 2. The fraction of sp³-hybridized carbons (Fsp3) is 0.565. The summed E-state index contributed by atoms with van der Waals surface area (Å²) in [5, 5.41) is 53.4. The first-order valence-electron chi connectivity index (χ1n) is 32.5. The average Bonchev–Trinajstić information content (AvgIpc) is 0.891. The summed E-state index contributed by atoms with van der Waals surface area (Å²) in [4.78, 5) is 181. The number of benzene rings is 2. The first-order chi connectivity index (χ1) is 47.1. The Morgan fingerprint density at radius 1 is 0.424 bits per heavy atom. The molecule has 0 aliphatic heterocycles. The number of guanidine groups is 2. The van der Waals surface area contributed by atoms with Gasteiger partial charge >= 0.3 is 0 Å². The largest absolute Gasteiger partial charge is 0.394 e. The number of hydrogen-bond donors (Lipinski definition) is 22. The molecule has 550 valence electrons. The van der Waals surface area contributed by atoms with Crippen LogP contribution in [-0.2, 0) is 75.3 Å². The number of unbranched alkanes of at least 4 members (excludes halogenated alkanes) is 2. The maximum absolute atomic E-state index is 14.1. The van der Waals surface area contributed by atoms with Gasteiger partial charge in [-0.1, -0.05) is 60.7 Å². The van der Waals surface area contributed by atoms with E-state index in [1.54, 1.807) is 30.3 Å². The van der Waals surface area contributed by atoms with Crippen LogP contribution in [0.3, 0.4) is 0 Å². The van der Waals surface area contributed by atoms with Crippen molar-refractivity contribution in [2.75, 3.05) is 59.0 Å². The van der Waals surface area contributed by atoms with Crippen molar-refractivity contribution in [2.24, 2.45) is 50.1 Å². The SMILES string of the molecule is C[C@H](NC(=O)CNC(=O)[C@H](NC(=O)[C@H](Cc1ccccc1)NC(=O)CNC(=O)CNC(=O)CCNCc1ccccc1)[C@@H](C)O)C(=O)N[C@@H](CCCN=C(N)N)C(=O)N[C@@H](CCCCN)C(=O)N[C@@H](CO)C(=O)N[C@@H](C)C(=O)N[C@@H](CCCN=C(N)N)C(=O)N[C@@H](CCCCN)C(N)=O. The minimum atomic E-state index is -1.73. The van der Waals surface area contributed by atoms with Crippen LogP contribution in [-0.4, -0.2) is 218 Å². The monoisotopic (exact) mass is 1390 g/mol. The van der Waals surface area contributed by atoms with Crippen LogP contribution in [0.2, 0.25) is 0 Å². The standard InChI is InChI=1S/C62H102N22O15/c1-36(76-49(89)34-75-60(99)51(38(3)86)84-58(97)45(30-39-16-6-4-7-17-39)78-50(90)33-74-48(88)32-73-47(87)24-29-70-31-40-18-8-5-9-19-40)53(92)80-44(23-15-28-72-62(68)69)56(95)82-42(21-11-13-26-64)57(96)83-46(35-85)59(98)77-37(2)54(93)81-43(22-14-27-71-61(66)67)55(94)79-41(52(65)91)20-10-12-25-63/h4-9,16-19,36-38,41-46,51,70,85-86H,10-15,20-35,63-64H2,1-3H3,(H2,65,91)(H,73,87)(H,74,88)(H,75,99)(H,76,89)(H,77,98)(H,78,90)(H,79,94)(H,80,92)(H,81,93)(H,82,95)(H,83,96)(H,84,97)(H4,66,67,71)(H4,68,69,72)/t36-,37-,38+,41-,42-,43-,44-,45-,46-,51+/m0/s1. The van der Waals surface area contributed by atoms with Gasteiger partial charge in [0.2, 0.25) is 76.8 Å². The third-order valence-corrected chi connectivity index (χ3v) is 14.7. The molecule has 0 bridgehead atoms. The zero-order valence-corrected chi connectivity index (χ0v) is 56.2. The van der Waals surface area contributed by atoms with Crippen LogP contribution >= 0.6 is 0 Å². The Morgan fingerprint density at radius 3 is 1.33 bits per heavy atom. The smallest absolute Gasteiger partial charge is 0.245 e. The maximum atomic E-state index is 14.1. The van der Waals surface area contributed by atoms with Gasteiger partial charge in [0.1, 0.15) is 54.4 Å². The highest BCUT2D eigenvalue weighted by Gasteiger charge is 2.34. The summed E-state index contributed by atoms with van der Waals surface area (Å²) in [5.74, 6) is -11.8.